The molecule has 2 amide bonds. The van der Waals surface area contributed by atoms with Crippen LogP contribution in [0.2, 0.25) is 0 Å². The van der Waals surface area contributed by atoms with Gasteiger partial charge in [0.25, 0.3) is 17.5 Å². The SMILES string of the molecule is O=C1c2cccc([N+](=O)[O-])c2C(=O)N1CN1CC=C(c2ccccc2)CC1. The van der Waals surface area contributed by atoms with E-state index in [-0.39, 0.29) is 23.5 Å². The Labute approximate surface area is 155 Å². The fourth-order valence-corrected chi connectivity index (χ4v) is 3.55. The van der Waals surface area contributed by atoms with Crippen molar-refractivity contribution in [2.24, 2.45) is 0 Å². The van der Waals surface area contributed by atoms with Crippen LogP contribution in [0.3, 0.4) is 0 Å². The molecule has 2 aliphatic heterocycles. The van der Waals surface area contributed by atoms with Gasteiger partial charge in [-0.25, -0.2) is 0 Å². The first kappa shape index (κ1) is 17.1. The normalized spacial score (nSPS) is 17.0. The summed E-state index contributed by atoms with van der Waals surface area (Å²) >= 11 is 0. The summed E-state index contributed by atoms with van der Waals surface area (Å²) in [5, 5.41) is 11.2. The minimum atomic E-state index is -0.622. The van der Waals surface area contributed by atoms with E-state index in [2.05, 4.69) is 18.2 Å². The van der Waals surface area contributed by atoms with Gasteiger partial charge >= 0.3 is 0 Å². The number of rotatable bonds is 4. The van der Waals surface area contributed by atoms with E-state index < -0.39 is 16.7 Å². The third-order valence-corrected chi connectivity index (χ3v) is 4.95. The Morgan fingerprint density at radius 3 is 2.44 bits per heavy atom. The monoisotopic (exact) mass is 363 g/mol. The van der Waals surface area contributed by atoms with E-state index in [1.165, 1.54) is 29.3 Å². The average molecular weight is 363 g/mol. The number of benzene rings is 2. The van der Waals surface area contributed by atoms with E-state index in [4.69, 9.17) is 0 Å². The molecule has 7 nitrogen and oxygen atoms in total. The van der Waals surface area contributed by atoms with Crippen molar-refractivity contribution in [1.82, 2.24) is 9.80 Å². The molecule has 2 heterocycles. The van der Waals surface area contributed by atoms with Crippen LogP contribution in [0.4, 0.5) is 5.69 Å². The summed E-state index contributed by atoms with van der Waals surface area (Å²) in [6, 6.07) is 14.2. The predicted octanol–water partition coefficient (Wildman–Crippen LogP) is 2.94. The summed E-state index contributed by atoms with van der Waals surface area (Å²) in [6.45, 7) is 1.44. The van der Waals surface area contributed by atoms with Crippen LogP contribution in [0, 0.1) is 10.1 Å². The molecule has 0 bridgehead atoms. The second-order valence-corrected chi connectivity index (χ2v) is 6.56. The number of nitro groups is 1. The summed E-state index contributed by atoms with van der Waals surface area (Å²) in [4.78, 5) is 38.9. The van der Waals surface area contributed by atoms with Gasteiger partial charge < -0.3 is 0 Å². The van der Waals surface area contributed by atoms with Crippen molar-refractivity contribution in [3.63, 3.8) is 0 Å². The van der Waals surface area contributed by atoms with Gasteiger partial charge in [-0.1, -0.05) is 42.5 Å². The Hall–Kier alpha value is -3.32. The van der Waals surface area contributed by atoms with Crippen molar-refractivity contribution < 1.29 is 14.5 Å². The maximum absolute atomic E-state index is 12.7. The van der Waals surface area contributed by atoms with E-state index in [0.29, 0.717) is 13.1 Å². The molecular weight excluding hydrogens is 346 g/mol. The molecule has 27 heavy (non-hydrogen) atoms. The second kappa shape index (κ2) is 6.77. The Morgan fingerprint density at radius 1 is 1.00 bits per heavy atom. The number of carbonyl (C=O) groups is 2. The first-order valence-electron chi connectivity index (χ1n) is 8.66. The fourth-order valence-electron chi connectivity index (χ4n) is 3.55. The predicted molar refractivity (Wildman–Crippen MR) is 99.1 cm³/mol. The molecule has 0 spiro atoms. The van der Waals surface area contributed by atoms with Gasteiger partial charge in [-0.05, 0) is 23.6 Å². The third kappa shape index (κ3) is 3.02. The molecule has 0 unspecified atom stereocenters. The lowest BCUT2D eigenvalue weighted by Crippen LogP contribution is -2.42. The maximum atomic E-state index is 12.7. The molecule has 2 aromatic rings. The number of fused-ring (bicyclic) bond motifs is 1. The smallest absolute Gasteiger partial charge is 0.281 e. The quantitative estimate of drug-likeness (QED) is 0.474. The van der Waals surface area contributed by atoms with Gasteiger partial charge in [0, 0.05) is 19.2 Å². The van der Waals surface area contributed by atoms with E-state index in [9.17, 15) is 19.7 Å². The summed E-state index contributed by atoms with van der Waals surface area (Å²) in [7, 11) is 0. The van der Waals surface area contributed by atoms with Crippen molar-refractivity contribution in [3.8, 4) is 0 Å². The molecule has 0 fully saturated rings. The van der Waals surface area contributed by atoms with Crippen LogP contribution in [-0.4, -0.2) is 46.3 Å². The number of hydrogen-bond donors (Lipinski definition) is 0. The number of hydrogen-bond acceptors (Lipinski definition) is 5. The Morgan fingerprint density at radius 2 is 1.78 bits per heavy atom. The first-order chi connectivity index (χ1) is 13.1. The molecular formula is C20H17N3O4. The molecule has 2 aromatic carbocycles. The van der Waals surface area contributed by atoms with Crippen molar-refractivity contribution in [1.29, 1.82) is 0 Å². The lowest BCUT2D eigenvalue weighted by atomic mass is 10.00. The molecule has 0 aliphatic carbocycles. The Bertz CT molecular complexity index is 968. The maximum Gasteiger partial charge on any atom is 0.282 e. The van der Waals surface area contributed by atoms with Gasteiger partial charge in [-0.3, -0.25) is 29.5 Å². The molecule has 0 N–H and O–H groups in total. The summed E-state index contributed by atoms with van der Waals surface area (Å²) < 4.78 is 0. The van der Waals surface area contributed by atoms with Crippen LogP contribution in [0.15, 0.2) is 54.6 Å². The van der Waals surface area contributed by atoms with Gasteiger partial charge in [0.05, 0.1) is 17.2 Å². The molecule has 4 rings (SSSR count). The second-order valence-electron chi connectivity index (χ2n) is 6.56. The highest BCUT2D eigenvalue weighted by atomic mass is 16.6. The van der Waals surface area contributed by atoms with Crippen LogP contribution in [0.5, 0.6) is 0 Å². The molecule has 0 atom stereocenters. The van der Waals surface area contributed by atoms with Crippen LogP contribution in [0.25, 0.3) is 5.57 Å². The van der Waals surface area contributed by atoms with E-state index in [0.717, 1.165) is 11.3 Å². The van der Waals surface area contributed by atoms with Crippen molar-refractivity contribution in [2.45, 2.75) is 6.42 Å². The highest BCUT2D eigenvalue weighted by molar-refractivity contribution is 6.23. The number of nitro benzene ring substituents is 1. The Kier molecular flexibility index (Phi) is 4.29. The minimum absolute atomic E-state index is 0.103. The number of imide groups is 1. The summed E-state index contributed by atoms with van der Waals surface area (Å²) in [5.41, 5.74) is 2.09. The third-order valence-electron chi connectivity index (χ3n) is 4.95. The molecule has 0 saturated carbocycles. The highest BCUT2D eigenvalue weighted by Gasteiger charge is 2.41. The summed E-state index contributed by atoms with van der Waals surface area (Å²) in [6.07, 6.45) is 2.91. The van der Waals surface area contributed by atoms with Crippen LogP contribution >= 0.6 is 0 Å². The number of amides is 2. The average Bonchev–Trinajstić information content (AvgIpc) is 2.94. The molecule has 136 valence electrons. The standard InChI is InChI=1S/C20H17N3O4/c24-19-16-7-4-8-17(23(26)27)18(16)20(25)22(19)13-21-11-9-15(10-12-21)14-5-2-1-3-6-14/h1-9H,10-13H2. The number of nitrogens with zero attached hydrogens (tertiary/aromatic N) is 3. The van der Waals surface area contributed by atoms with Crippen molar-refractivity contribution >= 4 is 23.1 Å². The van der Waals surface area contributed by atoms with Gasteiger partial charge in [0.15, 0.2) is 0 Å². The lowest BCUT2D eigenvalue weighted by Gasteiger charge is -2.29. The zero-order chi connectivity index (χ0) is 19.0. The van der Waals surface area contributed by atoms with E-state index in [1.807, 2.05) is 23.1 Å². The zero-order valence-electron chi connectivity index (χ0n) is 14.5. The van der Waals surface area contributed by atoms with E-state index in [1.54, 1.807) is 0 Å². The van der Waals surface area contributed by atoms with Crippen molar-refractivity contribution in [2.75, 3.05) is 19.8 Å². The first-order valence-corrected chi connectivity index (χ1v) is 8.66. The summed E-state index contributed by atoms with van der Waals surface area (Å²) in [5.74, 6) is -1.07. The molecule has 7 heteroatoms. The topological polar surface area (TPSA) is 83.8 Å². The van der Waals surface area contributed by atoms with Crippen LogP contribution in [-0.2, 0) is 0 Å². The fraction of sp³-hybridized carbons (Fsp3) is 0.200. The molecule has 0 aromatic heterocycles. The van der Waals surface area contributed by atoms with Crippen LogP contribution in [0.1, 0.15) is 32.7 Å². The van der Waals surface area contributed by atoms with Gasteiger partial charge in [-0.15, -0.1) is 0 Å². The zero-order valence-corrected chi connectivity index (χ0v) is 14.5. The molecule has 2 aliphatic rings. The lowest BCUT2D eigenvalue weighted by molar-refractivity contribution is -0.385. The minimum Gasteiger partial charge on any atom is -0.281 e. The van der Waals surface area contributed by atoms with Gasteiger partial charge in [0.1, 0.15) is 5.56 Å². The van der Waals surface area contributed by atoms with Gasteiger partial charge in [-0.2, -0.15) is 0 Å². The van der Waals surface area contributed by atoms with E-state index >= 15 is 0 Å². The highest BCUT2D eigenvalue weighted by Crippen LogP contribution is 2.31. The van der Waals surface area contributed by atoms with Crippen LogP contribution < -0.4 is 0 Å². The van der Waals surface area contributed by atoms with Gasteiger partial charge in [0.2, 0.25) is 0 Å². The number of carbonyl (C=O) groups excluding carboxylic acids is 2. The van der Waals surface area contributed by atoms with Crippen molar-refractivity contribution in [3.05, 3.63) is 81.4 Å². The molecule has 0 radical (unpaired) electrons. The largest absolute Gasteiger partial charge is 0.282 e. The Balaban J connectivity index is 1.51. The molecule has 0 saturated heterocycles.